The highest BCUT2D eigenvalue weighted by Gasteiger charge is 2.32. The van der Waals surface area contributed by atoms with Crippen molar-refractivity contribution < 1.29 is 9.59 Å². The molecule has 0 atom stereocenters. The van der Waals surface area contributed by atoms with Gasteiger partial charge in [0.15, 0.2) is 0 Å². The number of hydrazine groups is 1. The lowest BCUT2D eigenvalue weighted by molar-refractivity contribution is -0.140. The van der Waals surface area contributed by atoms with Gasteiger partial charge in [-0.1, -0.05) is 30.3 Å². The van der Waals surface area contributed by atoms with E-state index < -0.39 is 0 Å². The molecule has 1 saturated heterocycles. The number of aryl methyl sites for hydroxylation is 1. The molecule has 32 heavy (non-hydrogen) atoms. The van der Waals surface area contributed by atoms with Crippen molar-refractivity contribution in [3.05, 3.63) is 77.9 Å². The van der Waals surface area contributed by atoms with Crippen molar-refractivity contribution >= 4 is 22.8 Å². The zero-order valence-electron chi connectivity index (χ0n) is 17.9. The van der Waals surface area contributed by atoms with E-state index in [1.165, 1.54) is 0 Å². The van der Waals surface area contributed by atoms with E-state index in [0.29, 0.717) is 25.1 Å². The van der Waals surface area contributed by atoms with Gasteiger partial charge < -0.3 is 4.98 Å². The topological polar surface area (TPSA) is 87.1 Å². The SMILES string of the molecule is Cc1c(C(=O)N2CCCN2C(=O)CCc2nc3ccccc3[nH]2)cnn1-c1ccccc1. The van der Waals surface area contributed by atoms with Gasteiger partial charge in [-0.3, -0.25) is 14.6 Å². The van der Waals surface area contributed by atoms with Crippen LogP contribution >= 0.6 is 0 Å². The molecule has 3 heterocycles. The molecule has 0 radical (unpaired) electrons. The Hall–Kier alpha value is -3.94. The number of rotatable bonds is 5. The molecule has 1 N–H and O–H groups in total. The Balaban J connectivity index is 1.29. The molecule has 0 bridgehead atoms. The Morgan fingerprint density at radius 3 is 2.56 bits per heavy atom. The van der Waals surface area contributed by atoms with Gasteiger partial charge in [-0.25, -0.2) is 14.7 Å². The lowest BCUT2D eigenvalue weighted by Gasteiger charge is -2.27. The summed E-state index contributed by atoms with van der Waals surface area (Å²) >= 11 is 0. The molecular weight excluding hydrogens is 404 g/mol. The van der Waals surface area contributed by atoms with Gasteiger partial charge >= 0.3 is 0 Å². The molecule has 0 spiro atoms. The van der Waals surface area contributed by atoms with Crippen LogP contribution in [0.2, 0.25) is 0 Å². The van der Waals surface area contributed by atoms with Crippen LogP contribution in [0.3, 0.4) is 0 Å². The number of nitrogens with one attached hydrogen (secondary N) is 1. The first-order valence-electron chi connectivity index (χ1n) is 10.8. The molecule has 8 nitrogen and oxygen atoms in total. The molecule has 5 rings (SSSR count). The third-order valence-electron chi connectivity index (χ3n) is 5.81. The van der Waals surface area contributed by atoms with Gasteiger partial charge in [-0.2, -0.15) is 5.10 Å². The van der Waals surface area contributed by atoms with E-state index in [-0.39, 0.29) is 18.2 Å². The second-order valence-electron chi connectivity index (χ2n) is 7.89. The predicted molar refractivity (Wildman–Crippen MR) is 120 cm³/mol. The number of para-hydroxylation sites is 3. The molecular formula is C24H24N6O2. The Morgan fingerprint density at radius 1 is 1.00 bits per heavy atom. The third-order valence-corrected chi connectivity index (χ3v) is 5.81. The van der Waals surface area contributed by atoms with Gasteiger partial charge in [0.2, 0.25) is 5.91 Å². The quantitative estimate of drug-likeness (QED) is 0.529. The van der Waals surface area contributed by atoms with Gasteiger partial charge in [0.25, 0.3) is 5.91 Å². The van der Waals surface area contributed by atoms with Crippen molar-refractivity contribution in [2.45, 2.75) is 26.2 Å². The second-order valence-corrected chi connectivity index (χ2v) is 7.89. The molecule has 8 heteroatoms. The fraction of sp³-hybridized carbons (Fsp3) is 0.250. The van der Waals surface area contributed by atoms with Crippen molar-refractivity contribution in [3.63, 3.8) is 0 Å². The zero-order valence-corrected chi connectivity index (χ0v) is 17.9. The van der Waals surface area contributed by atoms with Gasteiger partial charge in [-0.15, -0.1) is 0 Å². The summed E-state index contributed by atoms with van der Waals surface area (Å²) in [6.45, 7) is 2.93. The second kappa shape index (κ2) is 8.30. The molecule has 2 amide bonds. The van der Waals surface area contributed by atoms with E-state index in [4.69, 9.17) is 0 Å². The van der Waals surface area contributed by atoms with Gasteiger partial charge in [-0.05, 0) is 37.6 Å². The van der Waals surface area contributed by atoms with Crippen LogP contribution < -0.4 is 0 Å². The number of imidazole rings is 1. The number of carbonyl (C=O) groups excluding carboxylic acids is 2. The minimum absolute atomic E-state index is 0.0792. The Morgan fingerprint density at radius 2 is 1.75 bits per heavy atom. The number of hydrogen-bond donors (Lipinski definition) is 1. The van der Waals surface area contributed by atoms with E-state index in [9.17, 15) is 9.59 Å². The molecule has 0 aliphatic carbocycles. The zero-order chi connectivity index (χ0) is 22.1. The Labute approximate surface area is 185 Å². The summed E-state index contributed by atoms with van der Waals surface area (Å²) in [4.78, 5) is 34.0. The summed E-state index contributed by atoms with van der Waals surface area (Å²) in [6.07, 6.45) is 3.12. The standard InChI is InChI=1S/C24H24N6O2/c1-17-19(16-25-30(17)18-8-3-2-4-9-18)24(32)29-15-7-14-28(29)23(31)13-12-22-26-20-10-5-6-11-21(20)27-22/h2-6,8-11,16H,7,12-15H2,1H3,(H,26,27). The van der Waals surface area contributed by atoms with Crippen LogP contribution in [0.4, 0.5) is 0 Å². The van der Waals surface area contributed by atoms with Gasteiger partial charge in [0.1, 0.15) is 5.82 Å². The molecule has 1 fully saturated rings. The molecule has 0 unspecified atom stereocenters. The summed E-state index contributed by atoms with van der Waals surface area (Å²) in [5, 5.41) is 7.53. The smallest absolute Gasteiger partial charge is 0.275 e. The molecule has 162 valence electrons. The van der Waals surface area contributed by atoms with E-state index >= 15 is 0 Å². The normalized spacial score (nSPS) is 13.8. The summed E-state index contributed by atoms with van der Waals surface area (Å²) in [6, 6.07) is 17.5. The number of hydrogen-bond acceptors (Lipinski definition) is 4. The Bertz CT molecular complexity index is 1240. The van der Waals surface area contributed by atoms with Gasteiger partial charge in [0, 0.05) is 25.9 Å². The minimum Gasteiger partial charge on any atom is -0.342 e. The van der Waals surface area contributed by atoms with Crippen molar-refractivity contribution in [3.8, 4) is 5.69 Å². The maximum atomic E-state index is 13.3. The first-order chi connectivity index (χ1) is 15.6. The van der Waals surface area contributed by atoms with Crippen LogP contribution in [-0.2, 0) is 11.2 Å². The van der Waals surface area contributed by atoms with Crippen LogP contribution in [0.1, 0.15) is 34.7 Å². The molecule has 2 aromatic heterocycles. The largest absolute Gasteiger partial charge is 0.342 e. The number of nitrogens with zero attached hydrogens (tertiary/aromatic N) is 5. The van der Waals surface area contributed by atoms with Crippen molar-refractivity contribution in [2.24, 2.45) is 0 Å². The summed E-state index contributed by atoms with van der Waals surface area (Å²) in [5.41, 5.74) is 4.00. The fourth-order valence-electron chi connectivity index (χ4n) is 4.15. The number of H-pyrrole nitrogens is 1. The monoisotopic (exact) mass is 428 g/mol. The number of benzene rings is 2. The number of fused-ring (bicyclic) bond motifs is 1. The lowest BCUT2D eigenvalue weighted by atomic mass is 10.2. The highest BCUT2D eigenvalue weighted by Crippen LogP contribution is 2.21. The number of aromatic nitrogens is 4. The maximum Gasteiger partial charge on any atom is 0.275 e. The molecule has 2 aromatic carbocycles. The van der Waals surface area contributed by atoms with E-state index in [1.54, 1.807) is 20.9 Å². The molecule has 4 aromatic rings. The molecule has 1 aliphatic heterocycles. The third kappa shape index (κ3) is 3.64. The highest BCUT2D eigenvalue weighted by molar-refractivity contribution is 5.96. The van der Waals surface area contributed by atoms with Crippen molar-refractivity contribution in [1.29, 1.82) is 0 Å². The predicted octanol–water partition coefficient (Wildman–Crippen LogP) is 3.28. The van der Waals surface area contributed by atoms with Crippen molar-refractivity contribution in [1.82, 2.24) is 29.8 Å². The van der Waals surface area contributed by atoms with Crippen LogP contribution in [0.25, 0.3) is 16.7 Å². The maximum absolute atomic E-state index is 13.3. The fourth-order valence-corrected chi connectivity index (χ4v) is 4.15. The van der Waals surface area contributed by atoms with Crippen LogP contribution in [0.5, 0.6) is 0 Å². The van der Waals surface area contributed by atoms with Gasteiger partial charge in [0.05, 0.1) is 34.2 Å². The van der Waals surface area contributed by atoms with E-state index in [2.05, 4.69) is 15.1 Å². The Kier molecular flexibility index (Phi) is 5.18. The van der Waals surface area contributed by atoms with Crippen LogP contribution in [-0.4, -0.2) is 54.7 Å². The summed E-state index contributed by atoms with van der Waals surface area (Å²) in [7, 11) is 0. The van der Waals surface area contributed by atoms with E-state index in [0.717, 1.165) is 34.7 Å². The van der Waals surface area contributed by atoms with Crippen molar-refractivity contribution in [2.75, 3.05) is 13.1 Å². The molecule has 0 saturated carbocycles. The molecule has 1 aliphatic rings. The summed E-state index contributed by atoms with van der Waals surface area (Å²) in [5.74, 6) is 0.500. The number of aromatic amines is 1. The van der Waals surface area contributed by atoms with E-state index in [1.807, 2.05) is 61.5 Å². The first-order valence-corrected chi connectivity index (χ1v) is 10.8. The lowest BCUT2D eigenvalue weighted by Crippen LogP contribution is -2.45. The number of carbonyl (C=O) groups is 2. The number of amides is 2. The minimum atomic E-state index is -0.195. The van der Waals surface area contributed by atoms with Crippen LogP contribution in [0, 0.1) is 6.92 Å². The summed E-state index contributed by atoms with van der Waals surface area (Å²) < 4.78 is 1.75. The average molecular weight is 428 g/mol. The average Bonchev–Trinajstić information content (AvgIpc) is 3.55. The van der Waals surface area contributed by atoms with Crippen LogP contribution in [0.15, 0.2) is 60.8 Å². The highest BCUT2D eigenvalue weighted by atomic mass is 16.2. The first kappa shape index (κ1) is 20.0.